The maximum absolute atomic E-state index is 13.0. The third-order valence-electron chi connectivity index (χ3n) is 1.41. The first-order valence-corrected chi connectivity index (χ1v) is 6.08. The Morgan fingerprint density at radius 1 is 1.38 bits per heavy atom. The topological polar surface area (TPSA) is 34.1 Å². The molecule has 0 N–H and O–H groups in total. The van der Waals surface area contributed by atoms with E-state index in [1.165, 1.54) is 6.07 Å². The molecule has 2 nitrogen and oxygen atoms in total. The molecule has 0 unspecified atom stereocenters. The molecule has 0 radical (unpaired) electrons. The van der Waals surface area contributed by atoms with Gasteiger partial charge in [0.05, 0.1) is 0 Å². The summed E-state index contributed by atoms with van der Waals surface area (Å²) >= 11 is 5.42. The molecule has 1 aromatic rings. The van der Waals surface area contributed by atoms with Crippen LogP contribution < -0.4 is 0 Å². The minimum Gasteiger partial charge on any atom is -0.207 e. The molecule has 0 aromatic heterocycles. The summed E-state index contributed by atoms with van der Waals surface area (Å²) < 4.78 is 34.5. The van der Waals surface area contributed by atoms with E-state index in [1.807, 2.05) is 0 Å². The van der Waals surface area contributed by atoms with E-state index in [2.05, 4.69) is 0 Å². The van der Waals surface area contributed by atoms with Crippen molar-refractivity contribution in [3.63, 3.8) is 0 Å². The Hall–Kier alpha value is -0.320. The summed E-state index contributed by atoms with van der Waals surface area (Å²) in [4.78, 5) is -0.525. The average molecular weight is 243 g/mol. The lowest BCUT2D eigenvalue weighted by Crippen LogP contribution is -1.95. The Morgan fingerprint density at radius 2 is 2.00 bits per heavy atom. The molecule has 0 aliphatic rings. The molecule has 0 fully saturated rings. The fraction of sp³-hybridized carbons (Fsp3) is 0.143. The van der Waals surface area contributed by atoms with Gasteiger partial charge in [-0.2, -0.15) is 0 Å². The van der Waals surface area contributed by atoms with Gasteiger partial charge in [0.15, 0.2) is 0 Å². The van der Waals surface area contributed by atoms with Crippen LogP contribution >= 0.6 is 22.3 Å². The zero-order chi connectivity index (χ0) is 10.1. The lowest BCUT2D eigenvalue weighted by Gasteiger charge is -2.00. The second-order valence-electron chi connectivity index (χ2n) is 2.34. The Kier molecular flexibility index (Phi) is 3.16. The smallest absolute Gasteiger partial charge is 0.207 e. The van der Waals surface area contributed by atoms with Crippen molar-refractivity contribution in [2.75, 3.05) is 0 Å². The van der Waals surface area contributed by atoms with Crippen molar-refractivity contribution in [1.82, 2.24) is 0 Å². The number of benzene rings is 1. The predicted octanol–water partition coefficient (Wildman–Crippen LogP) is 2.49. The number of alkyl halides is 1. The van der Waals surface area contributed by atoms with Crippen molar-refractivity contribution in [3.8, 4) is 0 Å². The standard InChI is InChI=1S/C7H5Cl2FO2S/c8-4-5-1-2-7(6(10)3-5)13(9,11)12/h1-3H,4H2. The van der Waals surface area contributed by atoms with Gasteiger partial charge in [-0.25, -0.2) is 12.8 Å². The van der Waals surface area contributed by atoms with E-state index in [-0.39, 0.29) is 5.88 Å². The number of halogens is 3. The van der Waals surface area contributed by atoms with Gasteiger partial charge in [-0.3, -0.25) is 0 Å². The van der Waals surface area contributed by atoms with Gasteiger partial charge < -0.3 is 0 Å². The molecule has 13 heavy (non-hydrogen) atoms. The van der Waals surface area contributed by atoms with E-state index in [9.17, 15) is 12.8 Å². The molecule has 0 amide bonds. The Morgan fingerprint density at radius 3 is 2.38 bits per heavy atom. The van der Waals surface area contributed by atoms with E-state index in [4.69, 9.17) is 22.3 Å². The molecule has 0 aliphatic carbocycles. The molecular weight excluding hydrogens is 238 g/mol. The highest BCUT2D eigenvalue weighted by Crippen LogP contribution is 2.20. The summed E-state index contributed by atoms with van der Waals surface area (Å²) in [6.07, 6.45) is 0. The van der Waals surface area contributed by atoms with Crippen LogP contribution in [0.3, 0.4) is 0 Å². The van der Waals surface area contributed by atoms with Crippen molar-refractivity contribution >= 4 is 31.3 Å². The molecule has 0 heterocycles. The second kappa shape index (κ2) is 3.82. The van der Waals surface area contributed by atoms with Crippen LogP contribution in [0.25, 0.3) is 0 Å². The van der Waals surface area contributed by atoms with Gasteiger partial charge in [-0.1, -0.05) is 6.07 Å². The molecule has 1 aromatic carbocycles. The van der Waals surface area contributed by atoms with Crippen LogP contribution in [0.2, 0.25) is 0 Å². The van der Waals surface area contributed by atoms with E-state index in [1.54, 1.807) is 0 Å². The number of hydrogen-bond acceptors (Lipinski definition) is 2. The lowest BCUT2D eigenvalue weighted by molar-refractivity contribution is 0.574. The van der Waals surface area contributed by atoms with Crippen molar-refractivity contribution in [3.05, 3.63) is 29.6 Å². The Labute approximate surface area is 84.7 Å². The van der Waals surface area contributed by atoms with Gasteiger partial charge in [-0.15, -0.1) is 11.6 Å². The highest BCUT2D eigenvalue weighted by molar-refractivity contribution is 8.13. The molecule has 0 aliphatic heterocycles. The van der Waals surface area contributed by atoms with Crippen LogP contribution in [0.15, 0.2) is 23.1 Å². The highest BCUT2D eigenvalue weighted by Gasteiger charge is 2.15. The minimum absolute atomic E-state index is 0.125. The molecule has 72 valence electrons. The zero-order valence-electron chi connectivity index (χ0n) is 6.30. The molecule has 0 bridgehead atoms. The largest absolute Gasteiger partial charge is 0.264 e. The highest BCUT2D eigenvalue weighted by atomic mass is 35.7. The summed E-state index contributed by atoms with van der Waals surface area (Å²) in [5, 5.41) is 0. The molecule has 0 spiro atoms. The molecular formula is C7H5Cl2FO2S. The van der Waals surface area contributed by atoms with E-state index < -0.39 is 19.8 Å². The van der Waals surface area contributed by atoms with Crippen LogP contribution in [0, 0.1) is 5.82 Å². The Bertz CT molecular complexity index is 417. The van der Waals surface area contributed by atoms with Crippen molar-refractivity contribution in [2.24, 2.45) is 0 Å². The fourth-order valence-electron chi connectivity index (χ4n) is 0.825. The molecule has 0 atom stereocenters. The normalized spacial score (nSPS) is 11.6. The van der Waals surface area contributed by atoms with Crippen LogP contribution in [0.4, 0.5) is 4.39 Å². The minimum atomic E-state index is -4.00. The number of hydrogen-bond donors (Lipinski definition) is 0. The van der Waals surface area contributed by atoms with Gasteiger partial charge in [0.25, 0.3) is 9.05 Å². The Balaban J connectivity index is 3.29. The van der Waals surface area contributed by atoms with Crippen molar-refractivity contribution < 1.29 is 12.8 Å². The predicted molar refractivity (Wildman–Crippen MR) is 49.0 cm³/mol. The summed E-state index contributed by atoms with van der Waals surface area (Å²) in [5.41, 5.74) is 0.503. The van der Waals surface area contributed by atoms with Crippen molar-refractivity contribution in [1.29, 1.82) is 0 Å². The quantitative estimate of drug-likeness (QED) is 0.590. The van der Waals surface area contributed by atoms with E-state index >= 15 is 0 Å². The maximum atomic E-state index is 13.0. The van der Waals surface area contributed by atoms with Crippen LogP contribution in [0.5, 0.6) is 0 Å². The summed E-state index contributed by atoms with van der Waals surface area (Å²) in [6, 6.07) is 3.54. The fourth-order valence-corrected chi connectivity index (χ4v) is 1.89. The summed E-state index contributed by atoms with van der Waals surface area (Å²) in [7, 11) is 0.954. The second-order valence-corrected chi connectivity index (χ2v) is 5.14. The first-order valence-electron chi connectivity index (χ1n) is 3.24. The maximum Gasteiger partial charge on any atom is 0.264 e. The molecule has 0 saturated carbocycles. The van der Waals surface area contributed by atoms with Crippen LogP contribution in [-0.2, 0) is 14.9 Å². The van der Waals surface area contributed by atoms with Crippen LogP contribution in [0.1, 0.15) is 5.56 Å². The van der Waals surface area contributed by atoms with Crippen LogP contribution in [-0.4, -0.2) is 8.42 Å². The first kappa shape index (κ1) is 10.8. The monoisotopic (exact) mass is 242 g/mol. The average Bonchev–Trinajstić information content (AvgIpc) is 2.01. The molecule has 6 heteroatoms. The van der Waals surface area contributed by atoms with E-state index in [0.29, 0.717) is 5.56 Å². The zero-order valence-corrected chi connectivity index (χ0v) is 8.63. The summed E-state index contributed by atoms with van der Waals surface area (Å²) in [5.74, 6) is -0.757. The van der Waals surface area contributed by atoms with Gasteiger partial charge in [0.2, 0.25) is 0 Å². The van der Waals surface area contributed by atoms with Gasteiger partial charge in [-0.05, 0) is 17.7 Å². The third kappa shape index (κ3) is 2.56. The molecule has 1 rings (SSSR count). The van der Waals surface area contributed by atoms with Gasteiger partial charge in [0.1, 0.15) is 10.7 Å². The lowest BCUT2D eigenvalue weighted by atomic mass is 10.2. The first-order chi connectivity index (χ1) is 5.95. The SMILES string of the molecule is O=S(=O)(Cl)c1ccc(CCl)cc1F. The van der Waals surface area contributed by atoms with Gasteiger partial charge >= 0.3 is 0 Å². The third-order valence-corrected chi connectivity index (χ3v) is 3.08. The number of rotatable bonds is 2. The summed E-state index contributed by atoms with van der Waals surface area (Å²) in [6.45, 7) is 0. The van der Waals surface area contributed by atoms with Crippen molar-refractivity contribution in [2.45, 2.75) is 10.8 Å². The van der Waals surface area contributed by atoms with Gasteiger partial charge in [0, 0.05) is 16.6 Å². The molecule has 0 saturated heterocycles. The van der Waals surface area contributed by atoms with E-state index in [0.717, 1.165) is 12.1 Å².